The smallest absolute Gasteiger partial charge is 0.234 e. The number of amides is 1. The quantitative estimate of drug-likeness (QED) is 0.899. The van der Waals surface area contributed by atoms with Crippen LogP contribution in [-0.2, 0) is 4.79 Å². The third kappa shape index (κ3) is 2.31. The molecule has 106 valence electrons. The molecule has 1 fully saturated rings. The van der Waals surface area contributed by atoms with Crippen LogP contribution in [0.15, 0.2) is 30.5 Å². The molecule has 0 aliphatic carbocycles. The monoisotopic (exact) mass is 271 g/mol. The predicted molar refractivity (Wildman–Crippen MR) is 80.5 cm³/mol. The number of aromatic amines is 1. The number of primary amides is 1. The van der Waals surface area contributed by atoms with Crippen LogP contribution in [0.25, 0.3) is 10.9 Å². The highest BCUT2D eigenvalue weighted by Crippen LogP contribution is 2.33. The topological polar surface area (TPSA) is 62.1 Å². The summed E-state index contributed by atoms with van der Waals surface area (Å²) in [6.07, 6.45) is 4.31. The lowest BCUT2D eigenvalue weighted by atomic mass is 9.88. The van der Waals surface area contributed by atoms with Gasteiger partial charge in [-0.05, 0) is 50.4 Å². The van der Waals surface area contributed by atoms with Gasteiger partial charge in [-0.2, -0.15) is 0 Å². The first kappa shape index (κ1) is 13.2. The molecule has 0 radical (unpaired) electrons. The zero-order valence-electron chi connectivity index (χ0n) is 11.8. The predicted octanol–water partition coefficient (Wildman–Crippen LogP) is 2.22. The van der Waals surface area contributed by atoms with Crippen LogP contribution in [0.4, 0.5) is 0 Å². The number of aromatic nitrogens is 1. The van der Waals surface area contributed by atoms with Crippen LogP contribution in [0.1, 0.15) is 31.2 Å². The maximum Gasteiger partial charge on any atom is 0.234 e. The highest BCUT2D eigenvalue weighted by molar-refractivity contribution is 5.83. The van der Waals surface area contributed by atoms with Gasteiger partial charge in [0.15, 0.2) is 0 Å². The maximum absolute atomic E-state index is 11.3. The maximum atomic E-state index is 11.3. The molecule has 2 heterocycles. The number of nitrogens with one attached hydrogen (secondary N) is 1. The molecule has 1 aromatic heterocycles. The average Bonchev–Trinajstić information content (AvgIpc) is 2.90. The summed E-state index contributed by atoms with van der Waals surface area (Å²) in [4.78, 5) is 16.8. The molecule has 0 spiro atoms. The van der Waals surface area contributed by atoms with E-state index in [4.69, 9.17) is 5.73 Å². The van der Waals surface area contributed by atoms with E-state index < -0.39 is 0 Å². The van der Waals surface area contributed by atoms with Crippen LogP contribution in [0, 0.1) is 0 Å². The van der Waals surface area contributed by atoms with Crippen molar-refractivity contribution in [1.82, 2.24) is 9.88 Å². The molecule has 20 heavy (non-hydrogen) atoms. The van der Waals surface area contributed by atoms with Crippen LogP contribution in [0.3, 0.4) is 0 Å². The van der Waals surface area contributed by atoms with E-state index in [0.29, 0.717) is 5.92 Å². The van der Waals surface area contributed by atoms with E-state index in [-0.39, 0.29) is 11.9 Å². The van der Waals surface area contributed by atoms with Gasteiger partial charge in [0.1, 0.15) is 0 Å². The molecule has 4 heteroatoms. The molecule has 3 N–H and O–H groups in total. The fraction of sp³-hybridized carbons (Fsp3) is 0.438. The number of likely N-dealkylation sites (tertiary alicyclic amines) is 1. The van der Waals surface area contributed by atoms with E-state index in [9.17, 15) is 4.79 Å². The fourth-order valence-corrected chi connectivity index (χ4v) is 3.21. The SMILES string of the molecule is C[C@H](C(N)=O)N1CCC(c2c[nH]c3ccccc23)CC1. The first-order valence-corrected chi connectivity index (χ1v) is 7.26. The number of benzene rings is 1. The molecule has 1 aliphatic rings. The molecular formula is C16H21N3O. The number of nitrogens with zero attached hydrogens (tertiary/aromatic N) is 1. The number of nitrogens with two attached hydrogens (primary N) is 1. The van der Waals surface area contributed by atoms with Crippen LogP contribution in [0.2, 0.25) is 0 Å². The van der Waals surface area contributed by atoms with Crippen LogP contribution in [0.5, 0.6) is 0 Å². The zero-order chi connectivity index (χ0) is 14.1. The number of para-hydroxylation sites is 1. The minimum atomic E-state index is -0.226. The molecule has 1 aliphatic heterocycles. The summed E-state index contributed by atoms with van der Waals surface area (Å²) in [5.74, 6) is 0.345. The van der Waals surface area contributed by atoms with Gasteiger partial charge in [0, 0.05) is 17.1 Å². The Morgan fingerprint density at radius 1 is 1.35 bits per heavy atom. The van der Waals surface area contributed by atoms with E-state index in [2.05, 4.69) is 40.3 Å². The number of fused-ring (bicyclic) bond motifs is 1. The second-order valence-corrected chi connectivity index (χ2v) is 5.68. The van der Waals surface area contributed by atoms with Gasteiger partial charge in [0.2, 0.25) is 5.91 Å². The number of hydrogen-bond donors (Lipinski definition) is 2. The molecule has 4 nitrogen and oxygen atoms in total. The Kier molecular flexibility index (Phi) is 3.49. The summed E-state index contributed by atoms with van der Waals surface area (Å²) >= 11 is 0. The van der Waals surface area contributed by atoms with Gasteiger partial charge in [-0.3, -0.25) is 9.69 Å². The summed E-state index contributed by atoms with van der Waals surface area (Å²) in [7, 11) is 0. The van der Waals surface area contributed by atoms with E-state index in [0.717, 1.165) is 25.9 Å². The van der Waals surface area contributed by atoms with E-state index in [1.54, 1.807) is 0 Å². The Bertz CT molecular complexity index is 611. The molecule has 0 bridgehead atoms. The molecule has 3 rings (SSSR count). The van der Waals surface area contributed by atoms with Crippen molar-refractivity contribution in [3.05, 3.63) is 36.0 Å². The van der Waals surface area contributed by atoms with Gasteiger partial charge in [-0.15, -0.1) is 0 Å². The average molecular weight is 271 g/mol. The molecule has 1 saturated heterocycles. The summed E-state index contributed by atoms with van der Waals surface area (Å²) in [5, 5.41) is 1.33. The number of piperidine rings is 1. The van der Waals surface area contributed by atoms with Crippen molar-refractivity contribution in [3.63, 3.8) is 0 Å². The van der Waals surface area contributed by atoms with Crippen LogP contribution in [-0.4, -0.2) is 34.9 Å². The number of rotatable bonds is 3. The summed E-state index contributed by atoms with van der Waals surface area (Å²) in [5.41, 5.74) is 8.00. The molecule has 0 unspecified atom stereocenters. The van der Waals surface area contributed by atoms with Crippen molar-refractivity contribution in [2.75, 3.05) is 13.1 Å². The Morgan fingerprint density at radius 2 is 2.05 bits per heavy atom. The first-order valence-electron chi connectivity index (χ1n) is 7.26. The standard InChI is InChI=1S/C16H21N3O/c1-11(16(17)20)19-8-6-12(7-9-19)14-10-18-15-5-3-2-4-13(14)15/h2-5,10-12,18H,6-9H2,1H3,(H2,17,20)/t11-/m1/s1. The molecular weight excluding hydrogens is 250 g/mol. The lowest BCUT2D eigenvalue weighted by Crippen LogP contribution is -2.46. The number of hydrogen-bond acceptors (Lipinski definition) is 2. The largest absolute Gasteiger partial charge is 0.368 e. The Labute approximate surface area is 118 Å². The van der Waals surface area contributed by atoms with Crippen molar-refractivity contribution < 1.29 is 4.79 Å². The Balaban J connectivity index is 1.74. The van der Waals surface area contributed by atoms with Crippen LogP contribution < -0.4 is 5.73 Å². The molecule has 1 atom stereocenters. The number of carbonyl (C=O) groups is 1. The number of H-pyrrole nitrogens is 1. The third-order valence-electron chi connectivity index (χ3n) is 4.55. The third-order valence-corrected chi connectivity index (χ3v) is 4.55. The van der Waals surface area contributed by atoms with Gasteiger partial charge in [-0.25, -0.2) is 0 Å². The molecule has 0 saturated carbocycles. The molecule has 1 amide bonds. The second kappa shape index (κ2) is 5.29. The number of carbonyl (C=O) groups excluding carboxylic acids is 1. The first-order chi connectivity index (χ1) is 9.66. The zero-order valence-corrected chi connectivity index (χ0v) is 11.8. The molecule has 1 aromatic carbocycles. The summed E-state index contributed by atoms with van der Waals surface area (Å²) in [6, 6.07) is 8.28. The summed E-state index contributed by atoms with van der Waals surface area (Å²) in [6.45, 7) is 3.77. The van der Waals surface area contributed by atoms with Gasteiger partial charge < -0.3 is 10.7 Å². The minimum absolute atomic E-state index is 0.154. The second-order valence-electron chi connectivity index (χ2n) is 5.68. The van der Waals surface area contributed by atoms with Crippen molar-refractivity contribution in [2.45, 2.75) is 31.7 Å². The highest BCUT2D eigenvalue weighted by Gasteiger charge is 2.27. The van der Waals surface area contributed by atoms with E-state index >= 15 is 0 Å². The lowest BCUT2D eigenvalue weighted by molar-refractivity contribution is -0.123. The van der Waals surface area contributed by atoms with Crippen molar-refractivity contribution >= 4 is 16.8 Å². The van der Waals surface area contributed by atoms with Gasteiger partial charge >= 0.3 is 0 Å². The Hall–Kier alpha value is -1.81. The minimum Gasteiger partial charge on any atom is -0.368 e. The normalized spacial score (nSPS) is 19.2. The van der Waals surface area contributed by atoms with Gasteiger partial charge in [0.25, 0.3) is 0 Å². The Morgan fingerprint density at radius 3 is 2.75 bits per heavy atom. The summed E-state index contributed by atoms with van der Waals surface area (Å²) < 4.78 is 0. The highest BCUT2D eigenvalue weighted by atomic mass is 16.1. The fourth-order valence-electron chi connectivity index (χ4n) is 3.21. The van der Waals surface area contributed by atoms with E-state index in [1.807, 2.05) is 6.92 Å². The van der Waals surface area contributed by atoms with Gasteiger partial charge in [-0.1, -0.05) is 18.2 Å². The van der Waals surface area contributed by atoms with Crippen molar-refractivity contribution in [2.24, 2.45) is 5.73 Å². The van der Waals surface area contributed by atoms with Crippen molar-refractivity contribution in [1.29, 1.82) is 0 Å². The lowest BCUT2D eigenvalue weighted by Gasteiger charge is -2.34. The van der Waals surface area contributed by atoms with Crippen molar-refractivity contribution in [3.8, 4) is 0 Å². The van der Waals surface area contributed by atoms with Crippen LogP contribution >= 0.6 is 0 Å². The molecule has 2 aromatic rings. The van der Waals surface area contributed by atoms with E-state index in [1.165, 1.54) is 16.5 Å². The van der Waals surface area contributed by atoms with Gasteiger partial charge in [0.05, 0.1) is 6.04 Å².